The van der Waals surface area contributed by atoms with Crippen LogP contribution in [0.25, 0.3) is 0 Å². The maximum atomic E-state index is 10.9. The Bertz CT molecular complexity index is 439. The zero-order valence-corrected chi connectivity index (χ0v) is 11.4. The van der Waals surface area contributed by atoms with Crippen molar-refractivity contribution < 1.29 is 14.6 Å². The van der Waals surface area contributed by atoms with Gasteiger partial charge in [-0.3, -0.25) is 0 Å². The summed E-state index contributed by atoms with van der Waals surface area (Å²) in [4.78, 5) is 13.4. The van der Waals surface area contributed by atoms with Crippen LogP contribution in [0.2, 0.25) is 0 Å². The number of carboxylic acids is 1. The normalized spacial score (nSPS) is 15.6. The molecule has 0 radical (unpaired) electrons. The number of rotatable bonds is 6. The second-order valence-electron chi connectivity index (χ2n) is 5.04. The first-order valence-electron chi connectivity index (χ1n) is 6.86. The highest BCUT2D eigenvalue weighted by Gasteiger charge is 2.11. The van der Waals surface area contributed by atoms with Crippen LogP contribution in [-0.2, 0) is 0 Å². The van der Waals surface area contributed by atoms with Crippen LogP contribution in [0.15, 0.2) is 18.2 Å². The first-order chi connectivity index (χ1) is 9.16. The lowest BCUT2D eigenvalue weighted by atomic mass is 10.1. The molecule has 1 aromatic carbocycles. The van der Waals surface area contributed by atoms with Gasteiger partial charge in [-0.2, -0.15) is 0 Å². The van der Waals surface area contributed by atoms with E-state index in [4.69, 9.17) is 9.84 Å². The van der Waals surface area contributed by atoms with E-state index in [1.54, 1.807) is 18.2 Å². The van der Waals surface area contributed by atoms with Crippen molar-refractivity contribution in [3.63, 3.8) is 0 Å². The second kappa shape index (κ2) is 6.57. The maximum absolute atomic E-state index is 10.9. The Balaban J connectivity index is 1.81. The molecule has 0 spiro atoms. The zero-order chi connectivity index (χ0) is 13.7. The molecule has 19 heavy (non-hydrogen) atoms. The van der Waals surface area contributed by atoms with Crippen LogP contribution in [0.4, 0.5) is 0 Å². The largest absolute Gasteiger partial charge is 0.493 e. The first kappa shape index (κ1) is 13.9. The first-order valence-corrected chi connectivity index (χ1v) is 6.86. The quantitative estimate of drug-likeness (QED) is 0.801. The molecule has 0 bridgehead atoms. The van der Waals surface area contributed by atoms with Gasteiger partial charge in [-0.1, -0.05) is 6.07 Å². The van der Waals surface area contributed by atoms with Crippen LogP contribution in [-0.4, -0.2) is 42.2 Å². The predicted octanol–water partition coefficient (Wildman–Crippen LogP) is 2.56. The van der Waals surface area contributed by atoms with Crippen LogP contribution >= 0.6 is 0 Å². The Morgan fingerprint density at radius 3 is 2.79 bits per heavy atom. The minimum absolute atomic E-state index is 0.278. The third-order valence-electron chi connectivity index (χ3n) is 3.51. The van der Waals surface area contributed by atoms with E-state index in [1.165, 1.54) is 25.9 Å². The van der Waals surface area contributed by atoms with Gasteiger partial charge >= 0.3 is 5.97 Å². The summed E-state index contributed by atoms with van der Waals surface area (Å²) in [6, 6.07) is 5.00. The van der Waals surface area contributed by atoms with Gasteiger partial charge < -0.3 is 14.7 Å². The Morgan fingerprint density at radius 1 is 1.37 bits per heavy atom. The van der Waals surface area contributed by atoms with Crippen LogP contribution in [0.3, 0.4) is 0 Å². The molecule has 1 heterocycles. The number of nitrogens with zero attached hydrogens (tertiary/aromatic N) is 1. The van der Waals surface area contributed by atoms with Crippen molar-refractivity contribution in [3.05, 3.63) is 29.3 Å². The van der Waals surface area contributed by atoms with E-state index in [-0.39, 0.29) is 5.56 Å². The molecule has 0 aromatic heterocycles. The van der Waals surface area contributed by atoms with Gasteiger partial charge in [-0.05, 0) is 57.0 Å². The summed E-state index contributed by atoms with van der Waals surface area (Å²) in [5.41, 5.74) is 1.26. The van der Waals surface area contributed by atoms with Crippen molar-refractivity contribution in [1.29, 1.82) is 0 Å². The van der Waals surface area contributed by atoms with Gasteiger partial charge in [-0.15, -0.1) is 0 Å². The number of aromatic carboxylic acids is 1. The maximum Gasteiger partial charge on any atom is 0.335 e. The lowest BCUT2D eigenvalue weighted by Gasteiger charge is -2.15. The standard InChI is InChI=1S/C15H21NO3/c1-12-5-6-13(15(17)18)11-14(12)19-10-4-9-16-7-2-3-8-16/h5-6,11H,2-4,7-10H2,1H3,(H,17,18). The number of hydrogen-bond donors (Lipinski definition) is 1. The Morgan fingerprint density at radius 2 is 2.11 bits per heavy atom. The fourth-order valence-corrected chi connectivity index (χ4v) is 2.37. The van der Waals surface area contributed by atoms with E-state index < -0.39 is 5.97 Å². The van der Waals surface area contributed by atoms with Gasteiger partial charge in [0, 0.05) is 6.54 Å². The van der Waals surface area contributed by atoms with E-state index in [9.17, 15) is 4.79 Å². The number of ether oxygens (including phenoxy) is 1. The summed E-state index contributed by atoms with van der Waals surface area (Å²) in [7, 11) is 0. The predicted molar refractivity (Wildman–Crippen MR) is 73.9 cm³/mol. The van der Waals surface area contributed by atoms with E-state index in [0.717, 1.165) is 18.5 Å². The molecule has 1 aliphatic rings. The van der Waals surface area contributed by atoms with Gasteiger partial charge in [0.1, 0.15) is 5.75 Å². The number of hydrogen-bond acceptors (Lipinski definition) is 3. The lowest BCUT2D eigenvalue weighted by molar-refractivity contribution is 0.0696. The van der Waals surface area contributed by atoms with Crippen molar-refractivity contribution in [1.82, 2.24) is 4.90 Å². The van der Waals surface area contributed by atoms with Crippen LogP contribution in [0.5, 0.6) is 5.75 Å². The molecule has 104 valence electrons. The zero-order valence-electron chi connectivity index (χ0n) is 11.4. The van der Waals surface area contributed by atoms with Gasteiger partial charge in [0.15, 0.2) is 0 Å². The van der Waals surface area contributed by atoms with Crippen LogP contribution in [0.1, 0.15) is 35.2 Å². The molecule has 1 fully saturated rings. The molecule has 1 aliphatic heterocycles. The number of carbonyl (C=O) groups is 1. The van der Waals surface area contributed by atoms with Crippen LogP contribution in [0, 0.1) is 6.92 Å². The van der Waals surface area contributed by atoms with Gasteiger partial charge in [0.2, 0.25) is 0 Å². The molecule has 2 rings (SSSR count). The molecule has 1 aromatic rings. The summed E-state index contributed by atoms with van der Waals surface area (Å²) in [5, 5.41) is 8.95. The highest BCUT2D eigenvalue weighted by molar-refractivity contribution is 5.88. The summed E-state index contributed by atoms with van der Waals surface area (Å²) < 4.78 is 5.70. The third kappa shape index (κ3) is 3.96. The molecule has 0 aliphatic carbocycles. The minimum Gasteiger partial charge on any atom is -0.493 e. The molecule has 1 saturated heterocycles. The monoisotopic (exact) mass is 263 g/mol. The SMILES string of the molecule is Cc1ccc(C(=O)O)cc1OCCCN1CCCC1. The van der Waals surface area contributed by atoms with Crippen molar-refractivity contribution in [3.8, 4) is 5.75 Å². The molecule has 0 unspecified atom stereocenters. The Hall–Kier alpha value is -1.55. The van der Waals surface area contributed by atoms with Crippen LogP contribution < -0.4 is 4.74 Å². The van der Waals surface area contributed by atoms with Gasteiger partial charge in [-0.25, -0.2) is 4.79 Å². The van der Waals surface area contributed by atoms with Crippen molar-refractivity contribution in [2.75, 3.05) is 26.2 Å². The van der Waals surface area contributed by atoms with E-state index in [0.29, 0.717) is 12.4 Å². The van der Waals surface area contributed by atoms with Gasteiger partial charge in [0.05, 0.1) is 12.2 Å². The van der Waals surface area contributed by atoms with Crippen molar-refractivity contribution in [2.24, 2.45) is 0 Å². The third-order valence-corrected chi connectivity index (χ3v) is 3.51. The summed E-state index contributed by atoms with van der Waals surface area (Å²) in [6.07, 6.45) is 3.60. The lowest BCUT2D eigenvalue weighted by Crippen LogP contribution is -2.22. The molecule has 0 saturated carbocycles. The molecular weight excluding hydrogens is 242 g/mol. The van der Waals surface area contributed by atoms with Gasteiger partial charge in [0.25, 0.3) is 0 Å². The Labute approximate surface area is 114 Å². The minimum atomic E-state index is -0.915. The van der Waals surface area contributed by atoms with Crippen molar-refractivity contribution >= 4 is 5.97 Å². The second-order valence-corrected chi connectivity index (χ2v) is 5.04. The Kier molecular flexibility index (Phi) is 4.80. The van der Waals surface area contributed by atoms with E-state index >= 15 is 0 Å². The van der Waals surface area contributed by atoms with Crippen molar-refractivity contribution in [2.45, 2.75) is 26.2 Å². The van der Waals surface area contributed by atoms with E-state index in [1.807, 2.05) is 6.92 Å². The average Bonchev–Trinajstić information content (AvgIpc) is 2.89. The molecule has 0 atom stereocenters. The van der Waals surface area contributed by atoms with E-state index in [2.05, 4.69) is 4.90 Å². The summed E-state index contributed by atoms with van der Waals surface area (Å²) in [5.74, 6) is -0.233. The highest BCUT2D eigenvalue weighted by Crippen LogP contribution is 2.20. The number of aryl methyl sites for hydroxylation is 1. The average molecular weight is 263 g/mol. The number of benzene rings is 1. The molecular formula is C15H21NO3. The summed E-state index contributed by atoms with van der Waals surface area (Å²) >= 11 is 0. The molecule has 0 amide bonds. The smallest absolute Gasteiger partial charge is 0.335 e. The molecule has 4 nitrogen and oxygen atoms in total. The number of carboxylic acid groups (broad SMARTS) is 1. The molecule has 1 N–H and O–H groups in total. The number of likely N-dealkylation sites (tertiary alicyclic amines) is 1. The topological polar surface area (TPSA) is 49.8 Å². The summed E-state index contributed by atoms with van der Waals surface area (Å²) in [6.45, 7) is 6.04. The molecule has 4 heteroatoms. The highest BCUT2D eigenvalue weighted by atomic mass is 16.5. The fourth-order valence-electron chi connectivity index (χ4n) is 2.37. The fraction of sp³-hybridized carbons (Fsp3) is 0.533.